The monoisotopic (exact) mass is 217 g/mol. The molecule has 0 aliphatic heterocycles. The van der Waals surface area contributed by atoms with Gasteiger partial charge in [-0.25, -0.2) is 0 Å². The van der Waals surface area contributed by atoms with E-state index in [0.717, 1.165) is 0 Å². The Morgan fingerprint density at radius 1 is 1.15 bits per heavy atom. The molecule has 0 heterocycles. The molecule has 0 rings (SSSR count). The van der Waals surface area contributed by atoms with E-state index < -0.39 is 5.09 Å². The Morgan fingerprint density at radius 2 is 1.15 bits per heavy atom. The fraction of sp³-hybridized carbons (Fsp3) is 0. The largest absolute Gasteiger partial charge is 0.370 e. The van der Waals surface area contributed by atoms with Crippen LogP contribution in [0.1, 0.15) is 0 Å². The first kappa shape index (κ1) is 22.5. The molecule has 0 fully saturated rings. The predicted molar refractivity (Wildman–Crippen MR) is 48.2 cm³/mol. The molecular formula is C2H12ClN7O3. The molecule has 0 aromatic rings. The van der Waals surface area contributed by atoms with Crippen LogP contribution in [0.25, 0.3) is 0 Å². The SMILES string of the molecule is Cl.N=C(N)N.N=C(N)N.O=[N+]([O-])O. The van der Waals surface area contributed by atoms with Crippen molar-refractivity contribution in [3.8, 4) is 0 Å². The number of nitrogens with two attached hydrogens (primary N) is 4. The van der Waals surface area contributed by atoms with Gasteiger partial charge in [-0.3, -0.25) is 10.8 Å². The molecule has 0 unspecified atom stereocenters. The average Bonchev–Trinajstić information content (AvgIpc) is 1.54. The van der Waals surface area contributed by atoms with Crippen LogP contribution >= 0.6 is 12.4 Å². The van der Waals surface area contributed by atoms with Gasteiger partial charge in [-0.05, 0) is 0 Å². The summed E-state index contributed by atoms with van der Waals surface area (Å²) in [4.78, 5) is 8.36. The Labute approximate surface area is 79.4 Å². The molecular weight excluding hydrogens is 206 g/mol. The van der Waals surface area contributed by atoms with E-state index in [0.29, 0.717) is 0 Å². The molecule has 0 atom stereocenters. The van der Waals surface area contributed by atoms with Crippen molar-refractivity contribution < 1.29 is 10.3 Å². The van der Waals surface area contributed by atoms with E-state index >= 15 is 0 Å². The van der Waals surface area contributed by atoms with Crippen molar-refractivity contribution in [1.29, 1.82) is 10.8 Å². The van der Waals surface area contributed by atoms with E-state index in [1.807, 2.05) is 0 Å². The second-order valence-electron chi connectivity index (χ2n) is 1.15. The molecule has 0 spiro atoms. The second kappa shape index (κ2) is 16.5. The normalized spacial score (nSPS) is 5.54. The lowest BCUT2D eigenvalue weighted by atomic mass is 11.1. The van der Waals surface area contributed by atoms with Crippen molar-refractivity contribution in [1.82, 2.24) is 0 Å². The van der Waals surface area contributed by atoms with Crippen molar-refractivity contribution in [3.63, 3.8) is 0 Å². The molecule has 11 heteroatoms. The molecule has 0 amide bonds. The Bertz CT molecular complexity index is 119. The maximum absolute atomic E-state index is 8.36. The Hall–Kier alpha value is -1.97. The van der Waals surface area contributed by atoms with Crippen molar-refractivity contribution in [2.75, 3.05) is 0 Å². The van der Waals surface area contributed by atoms with Gasteiger partial charge in [-0.15, -0.1) is 22.5 Å². The zero-order valence-corrected chi connectivity index (χ0v) is 7.25. The Morgan fingerprint density at radius 3 is 1.15 bits per heavy atom. The van der Waals surface area contributed by atoms with E-state index in [1.165, 1.54) is 0 Å². The molecule has 80 valence electrons. The van der Waals surface area contributed by atoms with Crippen molar-refractivity contribution in [2.45, 2.75) is 0 Å². The molecule has 11 N–H and O–H groups in total. The van der Waals surface area contributed by atoms with E-state index in [1.54, 1.807) is 0 Å². The summed E-state index contributed by atoms with van der Waals surface area (Å²) in [5, 5.41) is 25.8. The minimum Gasteiger partial charge on any atom is -0.370 e. The number of nitrogens with zero attached hydrogens (tertiary/aromatic N) is 1. The molecule has 13 heavy (non-hydrogen) atoms. The molecule has 0 aromatic carbocycles. The molecule has 0 radical (unpaired) electrons. The Kier molecular flexibility index (Phi) is 28.6. The molecule has 0 aliphatic rings. The van der Waals surface area contributed by atoms with Crippen molar-refractivity contribution >= 4 is 24.3 Å². The van der Waals surface area contributed by atoms with Crippen LogP contribution in [0, 0.1) is 20.9 Å². The fourth-order valence-corrected chi connectivity index (χ4v) is 0. The second-order valence-corrected chi connectivity index (χ2v) is 1.15. The highest BCUT2D eigenvalue weighted by atomic mass is 35.5. The van der Waals surface area contributed by atoms with E-state index in [2.05, 4.69) is 22.9 Å². The third-order valence-electron chi connectivity index (χ3n) is 0. The van der Waals surface area contributed by atoms with Crippen molar-refractivity contribution in [2.24, 2.45) is 22.9 Å². The van der Waals surface area contributed by atoms with Gasteiger partial charge in [-0.1, -0.05) is 0 Å². The lowest BCUT2D eigenvalue weighted by molar-refractivity contribution is -0.742. The van der Waals surface area contributed by atoms with Gasteiger partial charge in [0.15, 0.2) is 11.9 Å². The number of halogens is 1. The zero-order chi connectivity index (χ0) is 10.7. The van der Waals surface area contributed by atoms with Crippen molar-refractivity contribution in [3.05, 3.63) is 10.1 Å². The fourth-order valence-electron chi connectivity index (χ4n) is 0. The van der Waals surface area contributed by atoms with E-state index in [4.69, 9.17) is 26.1 Å². The van der Waals surface area contributed by atoms with Crippen LogP contribution in [0.2, 0.25) is 0 Å². The summed E-state index contributed by atoms with van der Waals surface area (Å²) in [5.41, 5.74) is 17.9. The minimum absolute atomic E-state index is 0. The third kappa shape index (κ3) is 167. The standard InChI is InChI=1S/2CH5N3.ClH.HNO3/c2*2-1(3)4;;2-1(3)4/h2*(H5,2,3,4);1H;(H,2,3,4). The van der Waals surface area contributed by atoms with Gasteiger partial charge in [0.25, 0.3) is 5.09 Å². The molecule has 10 nitrogen and oxygen atoms in total. The Balaban J connectivity index is -0.0000000450. The summed E-state index contributed by atoms with van der Waals surface area (Å²) in [6, 6.07) is 0. The maximum atomic E-state index is 8.36. The number of rotatable bonds is 0. The highest BCUT2D eigenvalue weighted by Crippen LogP contribution is 1.38. The van der Waals surface area contributed by atoms with E-state index in [-0.39, 0.29) is 24.3 Å². The first-order valence-corrected chi connectivity index (χ1v) is 2.22. The molecule has 0 bridgehead atoms. The summed E-state index contributed by atoms with van der Waals surface area (Å²) in [6.07, 6.45) is 0. The van der Waals surface area contributed by atoms with Gasteiger partial charge in [0.1, 0.15) is 0 Å². The summed E-state index contributed by atoms with van der Waals surface area (Å²) in [5.74, 6) is -0.667. The first-order valence-electron chi connectivity index (χ1n) is 2.22. The first-order chi connectivity index (χ1) is 5.20. The van der Waals surface area contributed by atoms with Crippen LogP contribution in [0.4, 0.5) is 0 Å². The highest BCUT2D eigenvalue weighted by molar-refractivity contribution is 5.85. The van der Waals surface area contributed by atoms with E-state index in [9.17, 15) is 0 Å². The smallest absolute Gasteiger partial charge is 0.291 e. The van der Waals surface area contributed by atoms with Crippen LogP contribution in [-0.2, 0) is 0 Å². The summed E-state index contributed by atoms with van der Waals surface area (Å²) >= 11 is 0. The average molecular weight is 218 g/mol. The number of guanidine groups is 2. The summed E-state index contributed by atoms with van der Waals surface area (Å²) in [7, 11) is 0. The zero-order valence-electron chi connectivity index (χ0n) is 6.43. The van der Waals surface area contributed by atoms with Crippen LogP contribution in [-0.4, -0.2) is 22.2 Å². The van der Waals surface area contributed by atoms with Gasteiger partial charge in [0, 0.05) is 0 Å². The quantitative estimate of drug-likeness (QED) is 0.102. The maximum Gasteiger partial charge on any atom is 0.291 e. The number of nitrogens with one attached hydrogen (secondary N) is 2. The van der Waals surface area contributed by atoms with Gasteiger partial charge >= 0.3 is 0 Å². The molecule has 0 aromatic heterocycles. The number of hydrogen-bond acceptors (Lipinski definition) is 4. The van der Waals surface area contributed by atoms with Gasteiger partial charge in [0.2, 0.25) is 0 Å². The third-order valence-corrected chi connectivity index (χ3v) is 0. The van der Waals surface area contributed by atoms with Crippen LogP contribution in [0.15, 0.2) is 0 Å². The lowest BCUT2D eigenvalue weighted by Crippen LogP contribution is -2.20. The number of hydrogen-bond donors (Lipinski definition) is 7. The molecule has 0 saturated carbocycles. The molecule has 0 aliphatic carbocycles. The minimum atomic E-state index is -1.50. The lowest BCUT2D eigenvalue weighted by Gasteiger charge is -1.69. The van der Waals surface area contributed by atoms with Crippen LogP contribution in [0.3, 0.4) is 0 Å². The van der Waals surface area contributed by atoms with Gasteiger partial charge < -0.3 is 28.1 Å². The van der Waals surface area contributed by atoms with Gasteiger partial charge in [0.05, 0.1) is 0 Å². The van der Waals surface area contributed by atoms with Crippen LogP contribution < -0.4 is 22.9 Å². The summed E-state index contributed by atoms with van der Waals surface area (Å²) < 4.78 is 0. The highest BCUT2D eigenvalue weighted by Gasteiger charge is 1.65. The molecule has 0 saturated heterocycles. The van der Waals surface area contributed by atoms with Gasteiger partial charge in [-0.2, -0.15) is 0 Å². The topological polar surface area (TPSA) is 215 Å². The summed E-state index contributed by atoms with van der Waals surface area (Å²) in [6.45, 7) is 0. The van der Waals surface area contributed by atoms with Crippen LogP contribution in [0.5, 0.6) is 0 Å². The predicted octanol–water partition coefficient (Wildman–Crippen LogP) is -2.25.